The van der Waals surface area contributed by atoms with E-state index in [1.165, 1.54) is 0 Å². The molecule has 1 saturated carbocycles. The Hall–Kier alpha value is -1.14. The number of aliphatic hydroxyl groups is 1. The van der Waals surface area contributed by atoms with Gasteiger partial charge in [-0.3, -0.25) is 0 Å². The topological polar surface area (TPSA) is 74.2 Å². The Morgan fingerprint density at radius 3 is 2.83 bits per heavy atom. The summed E-state index contributed by atoms with van der Waals surface area (Å²) in [5.41, 5.74) is 2.76. The molecule has 0 aromatic carbocycles. The van der Waals surface area contributed by atoms with Crippen LogP contribution in [0.4, 0.5) is 4.79 Å². The van der Waals surface area contributed by atoms with Gasteiger partial charge < -0.3 is 15.7 Å². The minimum atomic E-state index is -0.189. The lowest BCUT2D eigenvalue weighted by molar-refractivity contribution is 0.117. The molecule has 2 rings (SSSR count). The average molecular weight is 269 g/mol. The number of rotatable bonds is 3. The first kappa shape index (κ1) is 13.3. The summed E-state index contributed by atoms with van der Waals surface area (Å²) < 4.78 is 0. The van der Waals surface area contributed by atoms with Crippen molar-refractivity contribution < 1.29 is 9.90 Å². The van der Waals surface area contributed by atoms with Crippen LogP contribution < -0.4 is 10.6 Å². The Balaban J connectivity index is 1.71. The summed E-state index contributed by atoms with van der Waals surface area (Å²) in [5.74, 6) is 0. The van der Waals surface area contributed by atoms with Gasteiger partial charge in [0, 0.05) is 10.9 Å². The zero-order valence-electron chi connectivity index (χ0n) is 10.5. The highest BCUT2D eigenvalue weighted by atomic mass is 32.1. The first-order chi connectivity index (χ1) is 8.65. The molecule has 3 N–H and O–H groups in total. The van der Waals surface area contributed by atoms with Crippen LogP contribution in [0.5, 0.6) is 0 Å². The van der Waals surface area contributed by atoms with E-state index in [1.807, 2.05) is 6.92 Å². The Morgan fingerprint density at radius 1 is 1.50 bits per heavy atom. The van der Waals surface area contributed by atoms with Crippen molar-refractivity contribution in [2.45, 2.75) is 51.3 Å². The fourth-order valence-corrected chi connectivity index (χ4v) is 2.83. The van der Waals surface area contributed by atoms with Gasteiger partial charge in [-0.15, -0.1) is 11.3 Å². The van der Waals surface area contributed by atoms with Gasteiger partial charge in [-0.1, -0.05) is 0 Å². The van der Waals surface area contributed by atoms with Crippen LogP contribution in [0, 0.1) is 6.92 Å². The number of carbonyl (C=O) groups excluding carboxylic acids is 1. The number of nitrogens with one attached hydrogen (secondary N) is 2. The molecule has 0 bridgehead atoms. The molecular formula is C12H19N3O2S. The predicted octanol–water partition coefficient (Wildman–Crippen LogP) is 1.55. The van der Waals surface area contributed by atoms with Gasteiger partial charge >= 0.3 is 6.03 Å². The van der Waals surface area contributed by atoms with E-state index in [1.54, 1.807) is 16.8 Å². The Morgan fingerprint density at radius 2 is 2.22 bits per heavy atom. The lowest BCUT2D eigenvalue weighted by Crippen LogP contribution is -2.43. The number of aliphatic hydroxyl groups excluding tert-OH is 1. The molecule has 18 heavy (non-hydrogen) atoms. The number of thiazole rings is 1. The number of amides is 2. The van der Waals surface area contributed by atoms with Crippen molar-refractivity contribution in [3.8, 4) is 0 Å². The highest BCUT2D eigenvalue weighted by molar-refractivity contribution is 7.09. The van der Waals surface area contributed by atoms with Gasteiger partial charge in [-0.05, 0) is 32.6 Å². The second-order valence-corrected chi connectivity index (χ2v) is 5.63. The van der Waals surface area contributed by atoms with Gasteiger partial charge in [-0.2, -0.15) is 0 Å². The fraction of sp³-hybridized carbons (Fsp3) is 0.667. The third-order valence-corrected chi connectivity index (χ3v) is 4.22. The Kier molecular flexibility index (Phi) is 4.54. The molecule has 1 aromatic rings. The summed E-state index contributed by atoms with van der Waals surface area (Å²) in [6.45, 7) is 2.46. The second kappa shape index (κ2) is 6.15. The molecule has 1 aromatic heterocycles. The number of hydrogen-bond donors (Lipinski definition) is 3. The number of urea groups is 1. The maximum absolute atomic E-state index is 11.7. The molecule has 1 fully saturated rings. The summed E-state index contributed by atoms with van der Waals surface area (Å²) in [6.07, 6.45) is 3.08. The normalized spacial score (nSPS) is 23.7. The van der Waals surface area contributed by atoms with Crippen molar-refractivity contribution in [3.63, 3.8) is 0 Å². The highest BCUT2D eigenvalue weighted by Gasteiger charge is 2.20. The summed E-state index contributed by atoms with van der Waals surface area (Å²) in [4.78, 5) is 16.9. The second-order valence-electron chi connectivity index (χ2n) is 4.69. The van der Waals surface area contributed by atoms with Crippen molar-refractivity contribution in [3.05, 3.63) is 16.1 Å². The first-order valence-electron chi connectivity index (χ1n) is 6.26. The first-order valence-corrected chi connectivity index (χ1v) is 7.14. The van der Waals surface area contributed by atoms with E-state index in [2.05, 4.69) is 15.6 Å². The molecule has 0 saturated heterocycles. The zero-order valence-corrected chi connectivity index (χ0v) is 11.3. The number of aryl methyl sites for hydroxylation is 1. The van der Waals surface area contributed by atoms with E-state index in [-0.39, 0.29) is 18.2 Å². The van der Waals surface area contributed by atoms with Crippen molar-refractivity contribution in [2.24, 2.45) is 0 Å². The molecule has 0 spiro atoms. The van der Waals surface area contributed by atoms with Crippen molar-refractivity contribution >= 4 is 17.4 Å². The van der Waals surface area contributed by atoms with Crippen LogP contribution in [-0.4, -0.2) is 28.3 Å². The number of carbonyl (C=O) groups is 1. The minimum absolute atomic E-state index is 0.135. The van der Waals surface area contributed by atoms with Crippen LogP contribution >= 0.6 is 11.3 Å². The van der Waals surface area contributed by atoms with E-state index in [9.17, 15) is 9.90 Å². The standard InChI is InChI=1S/C12H19N3O2S/c1-8-11(18-7-14-8)6-13-12(17)15-9-2-4-10(16)5-3-9/h7,9-10,16H,2-6H2,1H3,(H2,13,15,17). The molecule has 1 aliphatic carbocycles. The van der Waals surface area contributed by atoms with Crippen molar-refractivity contribution in [1.82, 2.24) is 15.6 Å². The maximum Gasteiger partial charge on any atom is 0.315 e. The lowest BCUT2D eigenvalue weighted by atomic mass is 9.93. The Labute approximate surface area is 111 Å². The molecule has 0 aliphatic heterocycles. The van der Waals surface area contributed by atoms with Gasteiger partial charge in [0.1, 0.15) is 0 Å². The minimum Gasteiger partial charge on any atom is -0.393 e. The zero-order chi connectivity index (χ0) is 13.0. The van der Waals surface area contributed by atoms with Gasteiger partial charge in [0.25, 0.3) is 0 Å². The van der Waals surface area contributed by atoms with Crippen LogP contribution in [0.1, 0.15) is 36.3 Å². The molecular weight excluding hydrogens is 250 g/mol. The van der Waals surface area contributed by atoms with Crippen molar-refractivity contribution in [1.29, 1.82) is 0 Å². The molecule has 6 heteroatoms. The summed E-state index contributed by atoms with van der Waals surface area (Å²) in [7, 11) is 0. The van der Waals surface area contributed by atoms with E-state index in [0.29, 0.717) is 6.54 Å². The SMILES string of the molecule is Cc1ncsc1CNC(=O)NC1CCC(O)CC1. The molecule has 100 valence electrons. The summed E-state index contributed by atoms with van der Waals surface area (Å²) in [6, 6.07) is 0.0557. The lowest BCUT2D eigenvalue weighted by Gasteiger charge is -2.26. The molecule has 0 atom stereocenters. The molecule has 1 aliphatic rings. The number of hydrogen-bond acceptors (Lipinski definition) is 4. The smallest absolute Gasteiger partial charge is 0.315 e. The third-order valence-electron chi connectivity index (χ3n) is 3.29. The van der Waals surface area contributed by atoms with E-state index in [0.717, 1.165) is 36.3 Å². The van der Waals surface area contributed by atoms with Crippen LogP contribution in [0.25, 0.3) is 0 Å². The number of nitrogens with zero attached hydrogens (tertiary/aromatic N) is 1. The van der Waals surface area contributed by atoms with Crippen LogP contribution in [0.3, 0.4) is 0 Å². The molecule has 0 unspecified atom stereocenters. The largest absolute Gasteiger partial charge is 0.393 e. The molecule has 5 nitrogen and oxygen atoms in total. The maximum atomic E-state index is 11.7. The van der Waals surface area contributed by atoms with E-state index in [4.69, 9.17) is 0 Å². The summed E-state index contributed by atoms with van der Waals surface area (Å²) in [5, 5.41) is 15.2. The summed E-state index contributed by atoms with van der Waals surface area (Å²) >= 11 is 1.55. The average Bonchev–Trinajstić information content (AvgIpc) is 2.75. The van der Waals surface area contributed by atoms with Crippen molar-refractivity contribution in [2.75, 3.05) is 0 Å². The molecule has 0 radical (unpaired) electrons. The van der Waals surface area contributed by atoms with Crippen LogP contribution in [-0.2, 0) is 6.54 Å². The monoisotopic (exact) mass is 269 g/mol. The molecule has 2 amide bonds. The Bertz CT molecular complexity index is 400. The van der Waals surface area contributed by atoms with E-state index < -0.39 is 0 Å². The van der Waals surface area contributed by atoms with Gasteiger partial charge in [0.15, 0.2) is 0 Å². The third kappa shape index (κ3) is 3.68. The van der Waals surface area contributed by atoms with E-state index >= 15 is 0 Å². The van der Waals surface area contributed by atoms with Gasteiger partial charge in [0.05, 0.1) is 23.9 Å². The highest BCUT2D eigenvalue weighted by Crippen LogP contribution is 2.18. The fourth-order valence-electron chi connectivity index (χ4n) is 2.11. The van der Waals surface area contributed by atoms with Gasteiger partial charge in [0.2, 0.25) is 0 Å². The quantitative estimate of drug-likeness (QED) is 0.779. The van der Waals surface area contributed by atoms with Crippen LogP contribution in [0.15, 0.2) is 5.51 Å². The number of aromatic nitrogens is 1. The van der Waals surface area contributed by atoms with Crippen LogP contribution in [0.2, 0.25) is 0 Å². The van der Waals surface area contributed by atoms with Gasteiger partial charge in [-0.25, -0.2) is 9.78 Å². The predicted molar refractivity (Wildman–Crippen MR) is 70.5 cm³/mol. The molecule has 1 heterocycles.